The largest absolute Gasteiger partial charge is 0.508 e. The second kappa shape index (κ2) is 7.31. The SMILES string of the molecule is Cc1nnc(SCc2cc(=O)c(O)co2)n1NCc1ccc(O)cc1. The van der Waals surface area contributed by atoms with Gasteiger partial charge in [-0.25, -0.2) is 4.68 Å². The van der Waals surface area contributed by atoms with Crippen molar-refractivity contribution >= 4 is 11.8 Å². The summed E-state index contributed by atoms with van der Waals surface area (Å²) in [6, 6.07) is 8.14. The van der Waals surface area contributed by atoms with Crippen molar-refractivity contribution in [2.24, 2.45) is 0 Å². The van der Waals surface area contributed by atoms with Crippen LogP contribution in [0.5, 0.6) is 11.5 Å². The molecule has 0 unspecified atom stereocenters. The Hall–Kier alpha value is -2.94. The van der Waals surface area contributed by atoms with Crippen molar-refractivity contribution in [3.8, 4) is 11.5 Å². The molecule has 0 fully saturated rings. The van der Waals surface area contributed by atoms with Crippen molar-refractivity contribution in [3.63, 3.8) is 0 Å². The minimum absolute atomic E-state index is 0.218. The van der Waals surface area contributed by atoms with Gasteiger partial charge in [0.05, 0.1) is 12.3 Å². The zero-order valence-corrected chi connectivity index (χ0v) is 14.2. The number of aromatic nitrogens is 3. The van der Waals surface area contributed by atoms with Gasteiger partial charge in [-0.3, -0.25) is 4.79 Å². The Labute approximate surface area is 147 Å². The van der Waals surface area contributed by atoms with Crippen molar-refractivity contribution in [1.29, 1.82) is 0 Å². The molecule has 0 amide bonds. The minimum Gasteiger partial charge on any atom is -0.508 e. The van der Waals surface area contributed by atoms with E-state index >= 15 is 0 Å². The first-order chi connectivity index (χ1) is 12.0. The van der Waals surface area contributed by atoms with E-state index in [2.05, 4.69) is 15.6 Å². The maximum atomic E-state index is 11.4. The lowest BCUT2D eigenvalue weighted by atomic mass is 10.2. The molecule has 3 N–H and O–H groups in total. The van der Waals surface area contributed by atoms with Crippen LogP contribution in [-0.4, -0.2) is 25.1 Å². The number of aromatic hydroxyl groups is 2. The van der Waals surface area contributed by atoms with Gasteiger partial charge in [-0.2, -0.15) is 0 Å². The third kappa shape index (κ3) is 4.13. The second-order valence-electron chi connectivity index (χ2n) is 5.25. The summed E-state index contributed by atoms with van der Waals surface area (Å²) in [4.78, 5) is 11.4. The van der Waals surface area contributed by atoms with Crippen LogP contribution in [0.1, 0.15) is 17.1 Å². The number of thioether (sulfide) groups is 1. The zero-order chi connectivity index (χ0) is 17.8. The highest BCUT2D eigenvalue weighted by molar-refractivity contribution is 7.98. The van der Waals surface area contributed by atoms with Gasteiger partial charge in [0, 0.05) is 6.07 Å². The van der Waals surface area contributed by atoms with Crippen LogP contribution in [0.4, 0.5) is 0 Å². The first-order valence-electron chi connectivity index (χ1n) is 7.40. The molecule has 0 spiro atoms. The highest BCUT2D eigenvalue weighted by Crippen LogP contribution is 2.21. The fourth-order valence-electron chi connectivity index (χ4n) is 2.06. The number of phenols is 1. The van der Waals surface area contributed by atoms with Gasteiger partial charge in [0.2, 0.25) is 10.6 Å². The topological polar surface area (TPSA) is 113 Å². The molecular weight excluding hydrogens is 344 g/mol. The average molecular weight is 360 g/mol. The van der Waals surface area contributed by atoms with Crippen LogP contribution < -0.4 is 10.9 Å². The molecule has 0 atom stereocenters. The van der Waals surface area contributed by atoms with E-state index in [1.165, 1.54) is 17.8 Å². The van der Waals surface area contributed by atoms with E-state index in [-0.39, 0.29) is 5.75 Å². The molecule has 2 heterocycles. The van der Waals surface area contributed by atoms with E-state index in [4.69, 9.17) is 4.42 Å². The third-order valence-electron chi connectivity index (χ3n) is 3.38. The van der Waals surface area contributed by atoms with Crippen LogP contribution in [0.3, 0.4) is 0 Å². The summed E-state index contributed by atoms with van der Waals surface area (Å²) in [6.45, 7) is 2.35. The van der Waals surface area contributed by atoms with E-state index in [1.807, 2.05) is 19.1 Å². The molecule has 0 aliphatic rings. The summed E-state index contributed by atoms with van der Waals surface area (Å²) >= 11 is 1.35. The van der Waals surface area contributed by atoms with Gasteiger partial charge in [0.15, 0.2) is 5.75 Å². The first-order valence-corrected chi connectivity index (χ1v) is 8.39. The lowest BCUT2D eigenvalue weighted by molar-refractivity contribution is 0.419. The molecule has 1 aromatic carbocycles. The predicted molar refractivity (Wildman–Crippen MR) is 92.1 cm³/mol. The standard InChI is InChI=1S/C16H16N4O4S/c1-10-18-19-16(25-9-13-6-14(22)15(23)8-24-13)20(10)17-7-11-2-4-12(21)5-3-11/h2-6,8,17,21,23H,7,9H2,1H3. The highest BCUT2D eigenvalue weighted by atomic mass is 32.2. The van der Waals surface area contributed by atoms with E-state index in [0.29, 0.717) is 29.0 Å². The summed E-state index contributed by atoms with van der Waals surface area (Å²) < 4.78 is 6.92. The van der Waals surface area contributed by atoms with Crippen molar-refractivity contribution in [1.82, 2.24) is 14.9 Å². The molecule has 3 rings (SSSR count). The molecule has 2 aromatic heterocycles. The Balaban J connectivity index is 1.67. The summed E-state index contributed by atoms with van der Waals surface area (Å²) in [5.74, 6) is 1.29. The number of hydrogen-bond acceptors (Lipinski definition) is 8. The minimum atomic E-state index is -0.482. The van der Waals surface area contributed by atoms with Crippen LogP contribution in [-0.2, 0) is 12.3 Å². The normalized spacial score (nSPS) is 10.8. The summed E-state index contributed by atoms with van der Waals surface area (Å²) in [5.41, 5.74) is 3.72. The lowest BCUT2D eigenvalue weighted by Crippen LogP contribution is -2.17. The Kier molecular flexibility index (Phi) is 4.94. The molecule has 9 heteroatoms. The van der Waals surface area contributed by atoms with E-state index in [9.17, 15) is 15.0 Å². The third-order valence-corrected chi connectivity index (χ3v) is 4.33. The van der Waals surface area contributed by atoms with E-state index in [1.54, 1.807) is 16.8 Å². The number of aryl methyl sites for hydroxylation is 1. The lowest BCUT2D eigenvalue weighted by Gasteiger charge is -2.11. The van der Waals surface area contributed by atoms with Gasteiger partial charge in [-0.05, 0) is 24.6 Å². The van der Waals surface area contributed by atoms with E-state index < -0.39 is 11.2 Å². The predicted octanol–water partition coefficient (Wildman–Crippen LogP) is 1.99. The molecule has 0 aliphatic heterocycles. The van der Waals surface area contributed by atoms with Crippen molar-refractivity contribution in [2.45, 2.75) is 24.4 Å². The molecule has 0 bridgehead atoms. The number of nitrogens with one attached hydrogen (secondary N) is 1. The van der Waals surface area contributed by atoms with Crippen molar-refractivity contribution < 1.29 is 14.6 Å². The van der Waals surface area contributed by atoms with Gasteiger partial charge in [0.25, 0.3) is 0 Å². The quantitative estimate of drug-likeness (QED) is 0.572. The molecule has 0 radical (unpaired) electrons. The summed E-state index contributed by atoms with van der Waals surface area (Å²) in [6.07, 6.45) is 1.03. The first kappa shape index (κ1) is 16.9. The Morgan fingerprint density at radius 2 is 2.00 bits per heavy atom. The molecule has 8 nitrogen and oxygen atoms in total. The summed E-state index contributed by atoms with van der Waals surface area (Å²) in [5, 5.41) is 27.3. The molecule has 130 valence electrons. The van der Waals surface area contributed by atoms with Gasteiger partial charge in [0.1, 0.15) is 23.6 Å². The Bertz CT molecular complexity index is 921. The second-order valence-corrected chi connectivity index (χ2v) is 6.19. The maximum absolute atomic E-state index is 11.4. The Morgan fingerprint density at radius 1 is 1.24 bits per heavy atom. The zero-order valence-electron chi connectivity index (χ0n) is 13.3. The maximum Gasteiger partial charge on any atom is 0.226 e. The molecule has 3 aromatic rings. The fraction of sp³-hybridized carbons (Fsp3) is 0.188. The van der Waals surface area contributed by atoms with Crippen molar-refractivity contribution in [2.75, 3.05) is 5.43 Å². The van der Waals surface area contributed by atoms with Crippen LogP contribution in [0.15, 0.2) is 51.0 Å². The number of hydrogen-bond donors (Lipinski definition) is 3. The number of rotatable bonds is 6. The van der Waals surface area contributed by atoms with E-state index in [0.717, 1.165) is 11.8 Å². The van der Waals surface area contributed by atoms with Gasteiger partial charge >= 0.3 is 0 Å². The summed E-state index contributed by atoms with van der Waals surface area (Å²) in [7, 11) is 0. The van der Waals surface area contributed by atoms with Gasteiger partial charge in [-0.15, -0.1) is 10.2 Å². The van der Waals surface area contributed by atoms with Crippen LogP contribution >= 0.6 is 11.8 Å². The van der Waals surface area contributed by atoms with Crippen LogP contribution in [0, 0.1) is 6.92 Å². The molecule has 0 saturated heterocycles. The van der Waals surface area contributed by atoms with Gasteiger partial charge < -0.3 is 20.1 Å². The molecule has 25 heavy (non-hydrogen) atoms. The molecular formula is C16H16N4O4S. The van der Waals surface area contributed by atoms with Crippen LogP contribution in [0.25, 0.3) is 0 Å². The number of benzene rings is 1. The average Bonchev–Trinajstić information content (AvgIpc) is 2.95. The molecule has 0 aliphatic carbocycles. The van der Waals surface area contributed by atoms with Gasteiger partial charge in [-0.1, -0.05) is 23.9 Å². The number of phenolic OH excluding ortho intramolecular Hbond substituents is 1. The number of nitrogens with zero attached hydrogens (tertiary/aromatic N) is 3. The van der Waals surface area contributed by atoms with Crippen molar-refractivity contribution in [3.05, 3.63) is 64.0 Å². The smallest absolute Gasteiger partial charge is 0.226 e. The van der Waals surface area contributed by atoms with Crippen LogP contribution in [0.2, 0.25) is 0 Å². The molecule has 0 saturated carbocycles. The fourth-order valence-corrected chi connectivity index (χ4v) is 2.90. The highest BCUT2D eigenvalue weighted by Gasteiger charge is 2.11. The Morgan fingerprint density at radius 3 is 2.72 bits per heavy atom. The monoisotopic (exact) mass is 360 g/mol.